The minimum absolute atomic E-state index is 0.0459. The van der Waals surface area contributed by atoms with E-state index in [0.717, 1.165) is 22.9 Å². The lowest BCUT2D eigenvalue weighted by atomic mass is 10.0. The van der Waals surface area contributed by atoms with E-state index in [-0.39, 0.29) is 17.7 Å². The first kappa shape index (κ1) is 31.9. The van der Waals surface area contributed by atoms with Crippen molar-refractivity contribution >= 4 is 35.7 Å². The molecule has 13 heteroatoms. The summed E-state index contributed by atoms with van der Waals surface area (Å²) in [4.78, 5) is 31.6. The molecule has 0 unspecified atom stereocenters. The van der Waals surface area contributed by atoms with E-state index in [1.54, 1.807) is 30.3 Å². The summed E-state index contributed by atoms with van der Waals surface area (Å²) in [6, 6.07) is 23.1. The number of hydrogen-bond donors (Lipinski definition) is 3. The summed E-state index contributed by atoms with van der Waals surface area (Å²) >= 11 is 1.30. The number of carboxylic acids is 1. The second kappa shape index (κ2) is 12.5. The number of anilines is 2. The molecule has 0 aliphatic heterocycles. The maximum atomic E-state index is 14.5. The van der Waals surface area contributed by atoms with Gasteiger partial charge < -0.3 is 24.5 Å². The zero-order chi connectivity index (χ0) is 32.5. The quantitative estimate of drug-likeness (QED) is 0.128. The summed E-state index contributed by atoms with van der Waals surface area (Å²) in [6.45, 7) is 5.56. The number of rotatable bonds is 10. The Kier molecular flexibility index (Phi) is 8.86. The smallest absolute Gasteiger partial charge is 0.399 e. The average Bonchev–Trinajstić information content (AvgIpc) is 3.47. The van der Waals surface area contributed by atoms with Gasteiger partial charge in [-0.25, -0.2) is 4.79 Å². The maximum Gasteiger partial charge on any atom is 0.399 e. The second-order valence-corrected chi connectivity index (χ2v) is 13.0. The van der Waals surface area contributed by atoms with Crippen LogP contribution in [-0.2, 0) is 16.8 Å². The number of carbonyl (C=O) groups is 1. The summed E-state index contributed by atoms with van der Waals surface area (Å²) in [5.74, 6) is -0.222. The molecule has 0 amide bonds. The first-order valence-corrected chi connectivity index (χ1v) is 16.0. The first-order chi connectivity index (χ1) is 21.2. The standard InChI is InChI=1S/C32H28F2N3O6PS/c1-19-10-12-25(15-20(19)2)37(18-22-11-13-28(21(3)14-22)32(33,34)44(40,41)42)31-36-35-29(45-31)23-6-4-8-26(16-23)43-27-9-5-7-24(17-27)30(38)39/h4-17H,18H2,1-3H3,(H,38,39)(H2,40,41,42). The summed E-state index contributed by atoms with van der Waals surface area (Å²) in [5, 5.41) is 19.2. The molecule has 0 radical (unpaired) electrons. The normalized spacial score (nSPS) is 11.8. The summed E-state index contributed by atoms with van der Waals surface area (Å²) in [5.41, 5.74) is -0.653. The van der Waals surface area contributed by atoms with E-state index in [1.165, 1.54) is 42.5 Å². The number of aromatic nitrogens is 2. The van der Waals surface area contributed by atoms with Gasteiger partial charge in [-0.15, -0.1) is 10.2 Å². The molecule has 0 saturated heterocycles. The highest BCUT2D eigenvalue weighted by Gasteiger charge is 2.51. The van der Waals surface area contributed by atoms with E-state index in [4.69, 9.17) is 4.74 Å². The van der Waals surface area contributed by atoms with Crippen molar-refractivity contribution in [2.45, 2.75) is 33.0 Å². The van der Waals surface area contributed by atoms with Gasteiger partial charge in [-0.1, -0.05) is 53.8 Å². The van der Waals surface area contributed by atoms with Crippen molar-refractivity contribution in [3.8, 4) is 22.1 Å². The first-order valence-electron chi connectivity index (χ1n) is 13.6. The van der Waals surface area contributed by atoms with Crippen molar-refractivity contribution in [2.75, 3.05) is 4.90 Å². The number of hydrogen-bond acceptors (Lipinski definition) is 7. The predicted octanol–water partition coefficient (Wildman–Crippen LogP) is 8.19. The molecular weight excluding hydrogens is 623 g/mol. The molecule has 1 heterocycles. The highest BCUT2D eigenvalue weighted by molar-refractivity contribution is 7.52. The van der Waals surface area contributed by atoms with Crippen LogP contribution in [0.4, 0.5) is 19.6 Å². The van der Waals surface area contributed by atoms with Gasteiger partial charge in [-0.3, -0.25) is 4.57 Å². The van der Waals surface area contributed by atoms with Gasteiger partial charge in [-0.05, 0) is 85.5 Å². The Hall–Kier alpha value is -4.48. The molecule has 0 spiro atoms. The fraction of sp³-hybridized carbons (Fsp3) is 0.156. The molecular formula is C32H28F2N3O6PS. The topological polar surface area (TPSA) is 133 Å². The molecule has 0 aliphatic carbocycles. The van der Waals surface area contributed by atoms with E-state index < -0.39 is 24.8 Å². The van der Waals surface area contributed by atoms with Crippen LogP contribution < -0.4 is 9.64 Å². The van der Waals surface area contributed by atoms with Crippen LogP contribution in [0.2, 0.25) is 0 Å². The number of aryl methyl sites for hydroxylation is 3. The van der Waals surface area contributed by atoms with Gasteiger partial charge in [0, 0.05) is 16.8 Å². The Morgan fingerprint density at radius 3 is 2.27 bits per heavy atom. The van der Waals surface area contributed by atoms with Crippen LogP contribution in [0.5, 0.6) is 11.5 Å². The van der Waals surface area contributed by atoms with Crippen molar-refractivity contribution in [1.29, 1.82) is 0 Å². The third-order valence-electron chi connectivity index (χ3n) is 7.17. The Morgan fingerprint density at radius 2 is 1.60 bits per heavy atom. The van der Waals surface area contributed by atoms with Crippen LogP contribution >= 0.6 is 18.9 Å². The molecule has 0 saturated carbocycles. The Morgan fingerprint density at radius 1 is 0.889 bits per heavy atom. The van der Waals surface area contributed by atoms with E-state index >= 15 is 0 Å². The fourth-order valence-corrected chi connectivity index (χ4v) is 6.05. The zero-order valence-electron chi connectivity index (χ0n) is 24.3. The lowest BCUT2D eigenvalue weighted by Crippen LogP contribution is -2.18. The number of benzene rings is 4. The lowest BCUT2D eigenvalue weighted by molar-refractivity contribution is 0.0558. The highest BCUT2D eigenvalue weighted by atomic mass is 32.1. The van der Waals surface area contributed by atoms with Crippen LogP contribution in [0.25, 0.3) is 10.6 Å². The minimum Gasteiger partial charge on any atom is -0.478 e. The summed E-state index contributed by atoms with van der Waals surface area (Å²) in [6.07, 6.45) is 0. The fourth-order valence-electron chi connectivity index (χ4n) is 4.63. The van der Waals surface area contributed by atoms with Gasteiger partial charge >= 0.3 is 19.2 Å². The molecule has 0 fully saturated rings. The molecule has 1 aromatic heterocycles. The van der Waals surface area contributed by atoms with Crippen LogP contribution in [0.1, 0.15) is 38.2 Å². The highest BCUT2D eigenvalue weighted by Crippen LogP contribution is 2.59. The van der Waals surface area contributed by atoms with Crippen molar-refractivity contribution < 1.29 is 37.8 Å². The number of nitrogens with zero attached hydrogens (tertiary/aromatic N) is 3. The van der Waals surface area contributed by atoms with Gasteiger partial charge in [-0.2, -0.15) is 8.78 Å². The predicted molar refractivity (Wildman–Crippen MR) is 168 cm³/mol. The Balaban J connectivity index is 1.47. The molecule has 45 heavy (non-hydrogen) atoms. The molecule has 0 bridgehead atoms. The number of carboxylic acid groups (broad SMARTS) is 1. The van der Waals surface area contributed by atoms with Crippen molar-refractivity contribution in [3.63, 3.8) is 0 Å². The van der Waals surface area contributed by atoms with E-state index in [9.17, 15) is 33.0 Å². The zero-order valence-corrected chi connectivity index (χ0v) is 26.0. The number of alkyl halides is 2. The molecule has 3 N–H and O–H groups in total. The second-order valence-electron chi connectivity index (χ2n) is 10.4. The van der Waals surface area contributed by atoms with Crippen LogP contribution in [0, 0.1) is 20.8 Å². The molecule has 0 aliphatic rings. The number of ether oxygens (including phenoxy) is 1. The minimum atomic E-state index is -5.72. The molecule has 4 aromatic carbocycles. The van der Waals surface area contributed by atoms with Crippen LogP contribution in [-0.4, -0.2) is 31.1 Å². The molecule has 9 nitrogen and oxygen atoms in total. The van der Waals surface area contributed by atoms with E-state index in [1.807, 2.05) is 43.0 Å². The lowest BCUT2D eigenvalue weighted by Gasteiger charge is -2.24. The number of halogens is 2. The van der Waals surface area contributed by atoms with E-state index in [0.29, 0.717) is 32.8 Å². The van der Waals surface area contributed by atoms with Crippen LogP contribution in [0.3, 0.4) is 0 Å². The van der Waals surface area contributed by atoms with Crippen molar-refractivity contribution in [1.82, 2.24) is 10.2 Å². The Bertz CT molecular complexity index is 1940. The monoisotopic (exact) mass is 651 g/mol. The van der Waals surface area contributed by atoms with Crippen molar-refractivity contribution in [2.24, 2.45) is 0 Å². The van der Waals surface area contributed by atoms with E-state index in [2.05, 4.69) is 10.2 Å². The third-order valence-corrected chi connectivity index (χ3v) is 9.13. The average molecular weight is 652 g/mol. The van der Waals surface area contributed by atoms with Gasteiger partial charge in [0.25, 0.3) is 0 Å². The number of aromatic carboxylic acids is 1. The third kappa shape index (κ3) is 6.94. The molecule has 5 rings (SSSR count). The SMILES string of the molecule is Cc1ccc(N(Cc2ccc(C(F)(F)P(=O)(O)O)c(C)c2)c2nnc(-c3cccc(Oc4cccc(C(=O)O)c4)c3)s2)cc1C. The molecule has 0 atom stereocenters. The van der Waals surface area contributed by atoms with Gasteiger partial charge in [0.15, 0.2) is 0 Å². The van der Waals surface area contributed by atoms with Crippen LogP contribution in [0.15, 0.2) is 84.9 Å². The largest absolute Gasteiger partial charge is 0.478 e. The summed E-state index contributed by atoms with van der Waals surface area (Å²) < 4.78 is 46.3. The molecule has 5 aromatic rings. The van der Waals surface area contributed by atoms with Gasteiger partial charge in [0.1, 0.15) is 16.5 Å². The molecule has 232 valence electrons. The Labute approximate surface area is 261 Å². The van der Waals surface area contributed by atoms with Gasteiger partial charge in [0.05, 0.1) is 12.1 Å². The summed E-state index contributed by atoms with van der Waals surface area (Å²) in [7, 11) is -5.72. The maximum absolute atomic E-state index is 14.5. The van der Waals surface area contributed by atoms with Gasteiger partial charge in [0.2, 0.25) is 5.13 Å². The van der Waals surface area contributed by atoms with Crippen molar-refractivity contribution in [3.05, 3.63) is 118 Å².